The van der Waals surface area contributed by atoms with E-state index in [9.17, 15) is 0 Å². The average Bonchev–Trinajstić information content (AvgIpc) is 2.54. The van der Waals surface area contributed by atoms with E-state index in [1.807, 2.05) is 68.4 Å². The molecule has 0 heterocycles. The fourth-order valence-electron chi connectivity index (χ4n) is 1.95. The molecule has 0 radical (unpaired) electrons. The molecule has 2 aromatic rings. The molecule has 0 bridgehead atoms. The largest absolute Gasteiger partial charge is 0.305 e. The third kappa shape index (κ3) is 4.64. The van der Waals surface area contributed by atoms with E-state index in [-0.39, 0.29) is 0 Å². The van der Waals surface area contributed by atoms with E-state index in [0.717, 1.165) is 22.5 Å². The molecule has 22 heavy (non-hydrogen) atoms. The van der Waals surface area contributed by atoms with Crippen molar-refractivity contribution in [1.82, 2.24) is 5.43 Å². The molecule has 3 N–H and O–H groups in total. The number of benzene rings is 2. The summed E-state index contributed by atoms with van der Waals surface area (Å²) in [6, 6.07) is 17.5. The molecule has 0 aliphatic rings. The molecule has 2 aromatic carbocycles. The first-order valence-corrected chi connectivity index (χ1v) is 7.51. The zero-order valence-corrected chi connectivity index (χ0v) is 13.5. The number of anilines is 1. The van der Waals surface area contributed by atoms with Crippen molar-refractivity contribution in [3.63, 3.8) is 0 Å². The molecule has 0 saturated heterocycles. The van der Waals surface area contributed by atoms with Gasteiger partial charge in [0.1, 0.15) is 0 Å². The first-order valence-electron chi connectivity index (χ1n) is 7.13. The lowest BCUT2D eigenvalue weighted by Crippen LogP contribution is -2.22. The monoisotopic (exact) mass is 313 g/mol. The minimum absolute atomic E-state index is 0.606. The molecule has 0 unspecified atom stereocenters. The predicted octanol–water partition coefficient (Wildman–Crippen LogP) is 4.81. The lowest BCUT2D eigenvalue weighted by Gasteiger charge is -2.14. The minimum atomic E-state index is 0.606. The molecule has 0 fully saturated rings. The molecule has 0 aliphatic carbocycles. The molecule has 0 saturated carbocycles. The molecule has 0 amide bonds. The summed E-state index contributed by atoms with van der Waals surface area (Å²) in [5, 5.41) is 8.94. The van der Waals surface area contributed by atoms with Gasteiger partial charge in [-0.1, -0.05) is 41.9 Å². The van der Waals surface area contributed by atoms with Crippen LogP contribution in [0.4, 0.5) is 5.69 Å². The van der Waals surface area contributed by atoms with E-state index in [0.29, 0.717) is 17.2 Å². The maximum absolute atomic E-state index is 8.23. The lowest BCUT2D eigenvalue weighted by molar-refractivity contribution is 0.944. The summed E-state index contributed by atoms with van der Waals surface area (Å²) in [5.74, 6) is 0. The molecule has 0 aromatic heterocycles. The molecule has 0 aliphatic heterocycles. The van der Waals surface area contributed by atoms with Gasteiger partial charge in [-0.2, -0.15) is 0 Å². The number of hydrogen-bond acceptors (Lipinski definition) is 3. The van der Waals surface area contributed by atoms with Crippen LogP contribution in [0.5, 0.6) is 0 Å². The van der Waals surface area contributed by atoms with Crippen molar-refractivity contribution in [3.05, 3.63) is 76.5 Å². The Kier molecular flexibility index (Phi) is 5.61. The first kappa shape index (κ1) is 16.1. The van der Waals surface area contributed by atoms with Gasteiger partial charge < -0.3 is 16.3 Å². The highest BCUT2D eigenvalue weighted by molar-refractivity contribution is 6.30. The fraction of sp³-hybridized carbons (Fsp3) is 0.167. The van der Waals surface area contributed by atoms with Gasteiger partial charge in [-0.25, -0.2) is 0 Å². The molecular weight excluding hydrogens is 294 g/mol. The van der Waals surface area contributed by atoms with Gasteiger partial charge in [0, 0.05) is 22.9 Å². The third-order valence-electron chi connectivity index (χ3n) is 3.48. The van der Waals surface area contributed by atoms with Crippen molar-refractivity contribution in [3.8, 4) is 0 Å². The fourth-order valence-corrected chi connectivity index (χ4v) is 2.08. The van der Waals surface area contributed by atoms with E-state index >= 15 is 0 Å². The molecule has 0 spiro atoms. The molecule has 0 atom stereocenters. The highest BCUT2D eigenvalue weighted by atomic mass is 35.5. The molecule has 114 valence electrons. The second-order valence-corrected chi connectivity index (χ2v) is 5.58. The van der Waals surface area contributed by atoms with Gasteiger partial charge in [-0.3, -0.25) is 0 Å². The Hall–Kier alpha value is -2.26. The topological polar surface area (TPSA) is 47.9 Å². The van der Waals surface area contributed by atoms with Crippen LogP contribution in [0.15, 0.2) is 65.9 Å². The van der Waals surface area contributed by atoms with Crippen LogP contribution < -0.4 is 10.9 Å². The van der Waals surface area contributed by atoms with Crippen LogP contribution in [0, 0.1) is 5.41 Å². The molecular formula is C18H20ClN3. The van der Waals surface area contributed by atoms with Crippen LogP contribution in [0.25, 0.3) is 0 Å². The number of hydrogen-bond donors (Lipinski definition) is 3. The SMILES string of the molecule is CC(NNc1ccc(Cl)cc1)=C(C)C(=N)Cc1ccccc1. The summed E-state index contributed by atoms with van der Waals surface area (Å²) >= 11 is 5.86. The Labute approximate surface area is 136 Å². The summed E-state index contributed by atoms with van der Waals surface area (Å²) in [7, 11) is 0. The van der Waals surface area contributed by atoms with Gasteiger partial charge in [-0.15, -0.1) is 0 Å². The van der Waals surface area contributed by atoms with Crippen molar-refractivity contribution in [2.45, 2.75) is 20.3 Å². The van der Waals surface area contributed by atoms with E-state index in [4.69, 9.17) is 17.0 Å². The van der Waals surface area contributed by atoms with Gasteiger partial charge in [0.2, 0.25) is 0 Å². The second-order valence-electron chi connectivity index (χ2n) is 5.15. The van der Waals surface area contributed by atoms with Crippen molar-refractivity contribution < 1.29 is 0 Å². The Balaban J connectivity index is 1.96. The maximum Gasteiger partial charge on any atom is 0.0540 e. The second kappa shape index (κ2) is 7.66. The highest BCUT2D eigenvalue weighted by Crippen LogP contribution is 2.13. The summed E-state index contributed by atoms with van der Waals surface area (Å²) in [5.41, 5.74) is 10.8. The Bertz CT molecular complexity index is 660. The molecule has 3 nitrogen and oxygen atoms in total. The Morgan fingerprint density at radius 3 is 2.27 bits per heavy atom. The molecule has 2 rings (SSSR count). The molecule has 4 heteroatoms. The van der Waals surface area contributed by atoms with Crippen LogP contribution in [-0.2, 0) is 6.42 Å². The summed E-state index contributed by atoms with van der Waals surface area (Å²) in [4.78, 5) is 0. The van der Waals surface area contributed by atoms with E-state index in [1.54, 1.807) is 0 Å². The standard InChI is InChI=1S/C18H20ClN3/c1-13(18(20)12-15-6-4-3-5-7-15)14(2)21-22-17-10-8-16(19)9-11-17/h3-11,20-22H,12H2,1-2H3. The number of hydrazine groups is 1. The summed E-state index contributed by atoms with van der Waals surface area (Å²) in [6.45, 7) is 3.91. The quantitative estimate of drug-likeness (QED) is 0.529. The van der Waals surface area contributed by atoms with Crippen LogP contribution >= 0.6 is 11.6 Å². The summed E-state index contributed by atoms with van der Waals surface area (Å²) in [6.07, 6.45) is 0.632. The average molecular weight is 314 g/mol. The van der Waals surface area contributed by atoms with E-state index < -0.39 is 0 Å². The number of nitrogens with one attached hydrogen (secondary N) is 3. The van der Waals surface area contributed by atoms with Gasteiger partial charge in [0.15, 0.2) is 0 Å². The first-order chi connectivity index (χ1) is 10.6. The third-order valence-corrected chi connectivity index (χ3v) is 3.73. The van der Waals surface area contributed by atoms with Crippen molar-refractivity contribution >= 4 is 23.0 Å². The predicted molar refractivity (Wildman–Crippen MR) is 94.5 cm³/mol. The van der Waals surface area contributed by atoms with Crippen LogP contribution in [-0.4, -0.2) is 5.71 Å². The van der Waals surface area contributed by atoms with Crippen molar-refractivity contribution in [2.24, 2.45) is 0 Å². The highest BCUT2D eigenvalue weighted by Gasteiger charge is 2.05. The van der Waals surface area contributed by atoms with Crippen LogP contribution in [0.3, 0.4) is 0 Å². The summed E-state index contributed by atoms with van der Waals surface area (Å²) < 4.78 is 0. The zero-order valence-electron chi connectivity index (χ0n) is 12.8. The number of halogens is 1. The number of allylic oxidation sites excluding steroid dienone is 2. The van der Waals surface area contributed by atoms with Gasteiger partial charge in [0.05, 0.1) is 5.69 Å². The number of rotatable bonds is 6. The van der Waals surface area contributed by atoms with Crippen molar-refractivity contribution in [2.75, 3.05) is 5.43 Å². The van der Waals surface area contributed by atoms with Crippen molar-refractivity contribution in [1.29, 1.82) is 5.41 Å². The zero-order chi connectivity index (χ0) is 15.9. The lowest BCUT2D eigenvalue weighted by atomic mass is 10.0. The van der Waals surface area contributed by atoms with Gasteiger partial charge >= 0.3 is 0 Å². The van der Waals surface area contributed by atoms with E-state index in [2.05, 4.69) is 10.9 Å². The minimum Gasteiger partial charge on any atom is -0.305 e. The Morgan fingerprint density at radius 2 is 1.64 bits per heavy atom. The van der Waals surface area contributed by atoms with E-state index in [1.165, 1.54) is 0 Å². The normalized spacial score (nSPS) is 11.6. The maximum atomic E-state index is 8.23. The van der Waals surface area contributed by atoms with Gasteiger partial charge in [0.25, 0.3) is 0 Å². The van der Waals surface area contributed by atoms with Crippen LogP contribution in [0.2, 0.25) is 5.02 Å². The Morgan fingerprint density at radius 1 is 1.00 bits per heavy atom. The smallest absolute Gasteiger partial charge is 0.0540 e. The van der Waals surface area contributed by atoms with Gasteiger partial charge in [-0.05, 0) is 49.2 Å². The van der Waals surface area contributed by atoms with Crippen LogP contribution in [0.1, 0.15) is 19.4 Å².